The van der Waals surface area contributed by atoms with Gasteiger partial charge < -0.3 is 5.73 Å². The molecule has 2 N–H and O–H groups in total. The largest absolute Gasteiger partial charge is 0.325 e. The highest BCUT2D eigenvalue weighted by molar-refractivity contribution is 6.29. The van der Waals surface area contributed by atoms with Crippen LogP contribution in [0.3, 0.4) is 0 Å². The molecule has 2 aromatic heterocycles. The minimum absolute atomic E-state index is 0.528. The van der Waals surface area contributed by atoms with E-state index in [1.165, 1.54) is 5.56 Å². The smallest absolute Gasteiger partial charge is 0.129 e. The Bertz CT molecular complexity index is 416. The molecule has 2 aromatic rings. The van der Waals surface area contributed by atoms with Crippen LogP contribution in [0, 0.1) is 13.8 Å². The van der Waals surface area contributed by atoms with Crippen LogP contribution in [-0.4, -0.2) is 9.97 Å². The Kier molecular flexibility index (Phi) is 5.60. The van der Waals surface area contributed by atoms with E-state index in [2.05, 4.69) is 9.97 Å². The Hall–Kier alpha value is -1.45. The van der Waals surface area contributed by atoms with E-state index in [0.29, 0.717) is 11.7 Å². The van der Waals surface area contributed by atoms with Crippen LogP contribution < -0.4 is 5.73 Å². The fourth-order valence-electron chi connectivity index (χ4n) is 1.07. The molecule has 0 spiro atoms. The van der Waals surface area contributed by atoms with Gasteiger partial charge in [0.25, 0.3) is 0 Å². The van der Waals surface area contributed by atoms with E-state index < -0.39 is 0 Å². The van der Waals surface area contributed by atoms with Gasteiger partial charge in [-0.05, 0) is 37.1 Å². The van der Waals surface area contributed by atoms with Crippen LogP contribution in [0.4, 0.5) is 0 Å². The number of halogens is 1. The molecular formula is C13H16ClN3. The summed E-state index contributed by atoms with van der Waals surface area (Å²) in [5.74, 6) is 0. The van der Waals surface area contributed by atoms with Gasteiger partial charge in [-0.1, -0.05) is 23.7 Å². The molecule has 3 nitrogen and oxygen atoms in total. The normalized spacial score (nSPS) is 9.41. The van der Waals surface area contributed by atoms with Crippen LogP contribution in [0.2, 0.25) is 5.15 Å². The van der Waals surface area contributed by atoms with Crippen LogP contribution >= 0.6 is 11.6 Å². The fraction of sp³-hybridized carbons (Fsp3) is 0.231. The maximum absolute atomic E-state index is 5.50. The van der Waals surface area contributed by atoms with Gasteiger partial charge in [0.15, 0.2) is 0 Å². The van der Waals surface area contributed by atoms with Gasteiger partial charge in [0.1, 0.15) is 5.15 Å². The van der Waals surface area contributed by atoms with E-state index >= 15 is 0 Å². The molecule has 0 saturated carbocycles. The van der Waals surface area contributed by atoms with Crippen LogP contribution in [0.25, 0.3) is 0 Å². The summed E-state index contributed by atoms with van der Waals surface area (Å²) in [6.45, 7) is 4.51. The topological polar surface area (TPSA) is 51.8 Å². The molecule has 0 radical (unpaired) electrons. The van der Waals surface area contributed by atoms with E-state index in [-0.39, 0.29) is 0 Å². The van der Waals surface area contributed by atoms with Crippen molar-refractivity contribution in [2.45, 2.75) is 20.4 Å². The second-order valence-corrected chi connectivity index (χ2v) is 4.08. The van der Waals surface area contributed by atoms with Crippen molar-refractivity contribution in [3.8, 4) is 0 Å². The van der Waals surface area contributed by atoms with Gasteiger partial charge in [-0.25, -0.2) is 4.98 Å². The molecule has 0 aromatic carbocycles. The molecule has 2 rings (SSSR count). The quantitative estimate of drug-likeness (QED) is 0.791. The average molecular weight is 250 g/mol. The van der Waals surface area contributed by atoms with Crippen LogP contribution in [-0.2, 0) is 6.54 Å². The summed E-state index contributed by atoms with van der Waals surface area (Å²) >= 11 is 5.50. The lowest BCUT2D eigenvalue weighted by Crippen LogP contribution is -1.98. The summed E-state index contributed by atoms with van der Waals surface area (Å²) in [7, 11) is 0. The summed E-state index contributed by atoms with van der Waals surface area (Å²) in [6.07, 6.45) is 3.56. The molecule has 0 unspecified atom stereocenters. The van der Waals surface area contributed by atoms with Crippen molar-refractivity contribution in [2.24, 2.45) is 5.73 Å². The molecule has 0 aliphatic carbocycles. The number of pyridine rings is 2. The van der Waals surface area contributed by atoms with Gasteiger partial charge in [-0.3, -0.25) is 4.98 Å². The number of aromatic nitrogens is 2. The Morgan fingerprint density at radius 3 is 1.94 bits per heavy atom. The number of nitrogens with zero attached hydrogens (tertiary/aromatic N) is 2. The molecule has 0 saturated heterocycles. The standard InChI is InChI=1S/C7H10N2.C6H6ClN/c1-6-2-3-7(4-8)9-5-6;1-5-2-3-6(7)8-4-5/h2-3,5H,4,8H2,1H3;2-4H,1H3. The third kappa shape index (κ3) is 5.43. The minimum Gasteiger partial charge on any atom is -0.325 e. The first-order chi connectivity index (χ1) is 8.11. The molecule has 90 valence electrons. The lowest BCUT2D eigenvalue weighted by Gasteiger charge is -1.93. The second kappa shape index (κ2) is 6.99. The summed E-state index contributed by atoms with van der Waals surface area (Å²) < 4.78 is 0. The van der Waals surface area contributed by atoms with Crippen molar-refractivity contribution < 1.29 is 0 Å². The SMILES string of the molecule is Cc1ccc(CN)nc1.Cc1ccc(Cl)nc1. The predicted octanol–water partition coefficient (Wildman–Crippen LogP) is 2.89. The lowest BCUT2D eigenvalue weighted by molar-refractivity contribution is 0.984. The number of hydrogen-bond donors (Lipinski definition) is 1. The fourth-order valence-corrected chi connectivity index (χ4v) is 1.18. The van der Waals surface area contributed by atoms with E-state index in [1.807, 2.05) is 38.2 Å². The van der Waals surface area contributed by atoms with Crippen molar-refractivity contribution >= 4 is 11.6 Å². The molecule has 0 fully saturated rings. The van der Waals surface area contributed by atoms with Crippen molar-refractivity contribution in [1.82, 2.24) is 9.97 Å². The Labute approximate surface area is 107 Å². The Balaban J connectivity index is 0.000000171. The number of aryl methyl sites for hydroxylation is 2. The molecule has 4 heteroatoms. The first kappa shape index (κ1) is 13.6. The zero-order chi connectivity index (χ0) is 12.7. The monoisotopic (exact) mass is 249 g/mol. The summed E-state index contributed by atoms with van der Waals surface area (Å²) in [5.41, 5.74) is 8.59. The zero-order valence-electron chi connectivity index (χ0n) is 10.0. The van der Waals surface area contributed by atoms with Gasteiger partial charge in [0.05, 0.1) is 5.69 Å². The molecular weight excluding hydrogens is 234 g/mol. The van der Waals surface area contributed by atoms with Crippen molar-refractivity contribution in [1.29, 1.82) is 0 Å². The van der Waals surface area contributed by atoms with Gasteiger partial charge in [-0.15, -0.1) is 0 Å². The summed E-state index contributed by atoms with van der Waals surface area (Å²) in [6, 6.07) is 7.65. The molecule has 0 amide bonds. The summed E-state index contributed by atoms with van der Waals surface area (Å²) in [4.78, 5) is 7.92. The first-order valence-corrected chi connectivity index (χ1v) is 5.69. The van der Waals surface area contributed by atoms with Crippen molar-refractivity contribution in [3.63, 3.8) is 0 Å². The van der Waals surface area contributed by atoms with Gasteiger partial charge >= 0.3 is 0 Å². The van der Waals surface area contributed by atoms with E-state index in [4.69, 9.17) is 17.3 Å². The average Bonchev–Trinajstić information content (AvgIpc) is 2.35. The maximum Gasteiger partial charge on any atom is 0.129 e. The second-order valence-electron chi connectivity index (χ2n) is 3.69. The van der Waals surface area contributed by atoms with E-state index in [1.54, 1.807) is 12.3 Å². The lowest BCUT2D eigenvalue weighted by atomic mass is 10.3. The van der Waals surface area contributed by atoms with Gasteiger partial charge in [-0.2, -0.15) is 0 Å². The maximum atomic E-state index is 5.50. The number of rotatable bonds is 1. The highest BCUT2D eigenvalue weighted by atomic mass is 35.5. The van der Waals surface area contributed by atoms with Crippen LogP contribution in [0.1, 0.15) is 16.8 Å². The molecule has 0 aliphatic heterocycles. The molecule has 0 bridgehead atoms. The molecule has 0 atom stereocenters. The Morgan fingerprint density at radius 2 is 1.59 bits per heavy atom. The highest BCUT2D eigenvalue weighted by Gasteiger charge is 1.86. The number of nitrogens with two attached hydrogens (primary N) is 1. The minimum atomic E-state index is 0.528. The predicted molar refractivity (Wildman–Crippen MR) is 70.8 cm³/mol. The Morgan fingerprint density at radius 1 is 1.00 bits per heavy atom. The third-order valence-electron chi connectivity index (χ3n) is 2.06. The highest BCUT2D eigenvalue weighted by Crippen LogP contribution is 2.02. The third-order valence-corrected chi connectivity index (χ3v) is 2.28. The van der Waals surface area contributed by atoms with Gasteiger partial charge in [0.2, 0.25) is 0 Å². The summed E-state index contributed by atoms with van der Waals surface area (Å²) in [5, 5.41) is 0.551. The van der Waals surface area contributed by atoms with E-state index in [0.717, 1.165) is 11.3 Å². The first-order valence-electron chi connectivity index (χ1n) is 5.31. The molecule has 0 aliphatic rings. The zero-order valence-corrected chi connectivity index (χ0v) is 10.8. The van der Waals surface area contributed by atoms with E-state index in [9.17, 15) is 0 Å². The van der Waals surface area contributed by atoms with Crippen LogP contribution in [0.15, 0.2) is 36.7 Å². The van der Waals surface area contributed by atoms with Gasteiger partial charge in [0, 0.05) is 18.9 Å². The molecule has 2 heterocycles. The van der Waals surface area contributed by atoms with Crippen molar-refractivity contribution in [2.75, 3.05) is 0 Å². The van der Waals surface area contributed by atoms with Crippen molar-refractivity contribution in [3.05, 3.63) is 58.6 Å². The van der Waals surface area contributed by atoms with Crippen LogP contribution in [0.5, 0.6) is 0 Å². The molecule has 17 heavy (non-hydrogen) atoms. The number of hydrogen-bond acceptors (Lipinski definition) is 3.